The molecule has 0 bridgehead atoms. The van der Waals surface area contributed by atoms with Gasteiger partial charge in [-0.05, 0) is 19.8 Å². The van der Waals surface area contributed by atoms with Crippen molar-refractivity contribution in [3.63, 3.8) is 0 Å². The molecule has 0 aliphatic rings. The highest BCUT2D eigenvalue weighted by molar-refractivity contribution is 5.81. The molecule has 6 heteroatoms. The van der Waals surface area contributed by atoms with E-state index in [0.29, 0.717) is 11.6 Å². The number of nitrogen functional groups attached to an aromatic ring is 1. The molecule has 0 unspecified atom stereocenters. The summed E-state index contributed by atoms with van der Waals surface area (Å²) < 4.78 is 0. The maximum absolute atomic E-state index is 11.8. The van der Waals surface area contributed by atoms with E-state index in [1.807, 2.05) is 34.7 Å². The van der Waals surface area contributed by atoms with Gasteiger partial charge in [-0.2, -0.15) is 0 Å². The number of hydrogen-bond acceptors (Lipinski definition) is 5. The Morgan fingerprint density at radius 3 is 2.53 bits per heavy atom. The third-order valence-electron chi connectivity index (χ3n) is 2.66. The minimum atomic E-state index is -0.0376. The number of carbonyl (C=O) groups excluding carboxylic acids is 1. The molecule has 1 amide bonds. The molecule has 6 nitrogen and oxygen atoms in total. The zero-order valence-electron chi connectivity index (χ0n) is 12.3. The number of hydrogen-bond donors (Lipinski definition) is 2. The Morgan fingerprint density at radius 1 is 1.37 bits per heavy atom. The van der Waals surface area contributed by atoms with E-state index in [2.05, 4.69) is 15.3 Å². The highest BCUT2D eigenvalue weighted by Gasteiger charge is 2.18. The van der Waals surface area contributed by atoms with Crippen LogP contribution in [0.15, 0.2) is 6.33 Å². The van der Waals surface area contributed by atoms with Crippen molar-refractivity contribution < 1.29 is 4.79 Å². The largest absolute Gasteiger partial charge is 0.383 e. The molecule has 0 saturated heterocycles. The third kappa shape index (κ3) is 4.08. The molecule has 0 radical (unpaired) electrons. The smallest absolute Gasteiger partial charge is 0.239 e. The van der Waals surface area contributed by atoms with Crippen LogP contribution in [0.1, 0.15) is 39.2 Å². The number of rotatable bonds is 5. The highest BCUT2D eigenvalue weighted by Crippen LogP contribution is 2.28. The molecule has 1 aromatic heterocycles. The molecule has 19 heavy (non-hydrogen) atoms. The SMILES string of the molecule is CC(C)NC(=O)CN(C)c1ncnc(N)c1C(C)C. The van der Waals surface area contributed by atoms with Gasteiger partial charge in [0.25, 0.3) is 0 Å². The van der Waals surface area contributed by atoms with Gasteiger partial charge in [0.2, 0.25) is 5.91 Å². The zero-order valence-corrected chi connectivity index (χ0v) is 12.3. The quantitative estimate of drug-likeness (QED) is 0.834. The molecule has 1 aromatic rings. The van der Waals surface area contributed by atoms with Crippen molar-refractivity contribution >= 4 is 17.5 Å². The number of aromatic nitrogens is 2. The average molecular weight is 265 g/mol. The van der Waals surface area contributed by atoms with Crippen LogP contribution in [0.5, 0.6) is 0 Å². The summed E-state index contributed by atoms with van der Waals surface area (Å²) in [5.74, 6) is 1.34. The Labute approximate surface area is 114 Å². The maximum atomic E-state index is 11.8. The number of likely N-dealkylation sites (N-methyl/N-ethyl adjacent to an activating group) is 1. The van der Waals surface area contributed by atoms with Crippen molar-refractivity contribution in [1.29, 1.82) is 0 Å². The predicted octanol–water partition coefficient (Wildman–Crippen LogP) is 1.14. The Hall–Kier alpha value is -1.85. The topological polar surface area (TPSA) is 84.1 Å². The monoisotopic (exact) mass is 265 g/mol. The fourth-order valence-corrected chi connectivity index (χ4v) is 1.92. The maximum Gasteiger partial charge on any atom is 0.239 e. The molecule has 0 aromatic carbocycles. The lowest BCUT2D eigenvalue weighted by molar-refractivity contribution is -0.120. The van der Waals surface area contributed by atoms with Crippen molar-refractivity contribution in [3.05, 3.63) is 11.9 Å². The van der Waals surface area contributed by atoms with Crippen LogP contribution in [0.4, 0.5) is 11.6 Å². The van der Waals surface area contributed by atoms with Gasteiger partial charge in [0, 0.05) is 18.7 Å². The standard InChI is InChI=1S/C13H23N5O/c1-8(2)11-12(14)15-7-16-13(11)18(5)6-10(19)17-9(3)4/h7-9H,6H2,1-5H3,(H,17,19)(H2,14,15,16). The lowest BCUT2D eigenvalue weighted by Gasteiger charge is -2.23. The summed E-state index contributed by atoms with van der Waals surface area (Å²) in [6, 6.07) is 0.126. The Bertz CT molecular complexity index is 445. The normalized spacial score (nSPS) is 10.9. The fraction of sp³-hybridized carbons (Fsp3) is 0.615. The minimum absolute atomic E-state index is 0.0376. The molecular formula is C13H23N5O. The van der Waals surface area contributed by atoms with Crippen LogP contribution in [-0.2, 0) is 4.79 Å². The molecule has 0 aliphatic carbocycles. The van der Waals surface area contributed by atoms with Crippen LogP contribution in [0.3, 0.4) is 0 Å². The molecule has 0 spiro atoms. The molecule has 0 atom stereocenters. The molecular weight excluding hydrogens is 242 g/mol. The van der Waals surface area contributed by atoms with E-state index in [-0.39, 0.29) is 24.4 Å². The second-order valence-corrected chi connectivity index (χ2v) is 5.23. The summed E-state index contributed by atoms with van der Waals surface area (Å²) in [6.07, 6.45) is 1.42. The van der Waals surface area contributed by atoms with Crippen molar-refractivity contribution in [2.24, 2.45) is 0 Å². The van der Waals surface area contributed by atoms with Crippen LogP contribution in [0.25, 0.3) is 0 Å². The zero-order chi connectivity index (χ0) is 14.6. The van der Waals surface area contributed by atoms with Crippen molar-refractivity contribution in [2.75, 3.05) is 24.2 Å². The van der Waals surface area contributed by atoms with E-state index in [1.165, 1.54) is 6.33 Å². The molecule has 1 rings (SSSR count). The van der Waals surface area contributed by atoms with E-state index >= 15 is 0 Å². The second kappa shape index (κ2) is 6.36. The van der Waals surface area contributed by atoms with Gasteiger partial charge in [-0.15, -0.1) is 0 Å². The first-order chi connectivity index (χ1) is 8.82. The molecule has 0 aliphatic heterocycles. The Balaban J connectivity index is 2.91. The van der Waals surface area contributed by atoms with E-state index in [4.69, 9.17) is 5.73 Å². The lowest BCUT2D eigenvalue weighted by Crippen LogP contribution is -2.39. The molecule has 106 valence electrons. The number of carbonyl (C=O) groups is 1. The van der Waals surface area contributed by atoms with E-state index in [9.17, 15) is 4.79 Å². The predicted molar refractivity (Wildman–Crippen MR) is 77.1 cm³/mol. The van der Waals surface area contributed by atoms with Crippen LogP contribution in [-0.4, -0.2) is 35.5 Å². The Morgan fingerprint density at radius 2 is 2.00 bits per heavy atom. The number of amides is 1. The first-order valence-electron chi connectivity index (χ1n) is 6.43. The number of nitrogens with two attached hydrogens (primary N) is 1. The van der Waals surface area contributed by atoms with Gasteiger partial charge in [0.1, 0.15) is 18.0 Å². The van der Waals surface area contributed by atoms with Crippen LogP contribution < -0.4 is 16.0 Å². The van der Waals surface area contributed by atoms with E-state index < -0.39 is 0 Å². The summed E-state index contributed by atoms with van der Waals surface area (Å²) in [5, 5.41) is 2.85. The summed E-state index contributed by atoms with van der Waals surface area (Å²) in [4.78, 5) is 21.8. The summed E-state index contributed by atoms with van der Waals surface area (Å²) in [5.41, 5.74) is 6.77. The first kappa shape index (κ1) is 15.2. The molecule has 3 N–H and O–H groups in total. The lowest BCUT2D eigenvalue weighted by atomic mass is 10.0. The Kier molecular flexibility index (Phi) is 5.09. The third-order valence-corrected chi connectivity index (χ3v) is 2.66. The van der Waals surface area contributed by atoms with Gasteiger partial charge in [-0.3, -0.25) is 4.79 Å². The number of nitrogens with one attached hydrogen (secondary N) is 1. The fourth-order valence-electron chi connectivity index (χ4n) is 1.92. The first-order valence-corrected chi connectivity index (χ1v) is 6.43. The van der Waals surface area contributed by atoms with Crippen molar-refractivity contribution in [1.82, 2.24) is 15.3 Å². The van der Waals surface area contributed by atoms with Crippen molar-refractivity contribution in [2.45, 2.75) is 39.7 Å². The average Bonchev–Trinajstić information content (AvgIpc) is 2.26. The van der Waals surface area contributed by atoms with Gasteiger partial charge >= 0.3 is 0 Å². The highest BCUT2D eigenvalue weighted by atomic mass is 16.2. The summed E-state index contributed by atoms with van der Waals surface area (Å²) in [6.45, 7) is 8.16. The number of nitrogens with zero attached hydrogens (tertiary/aromatic N) is 3. The van der Waals surface area contributed by atoms with Gasteiger partial charge in [0.15, 0.2) is 0 Å². The number of anilines is 2. The van der Waals surface area contributed by atoms with Crippen molar-refractivity contribution in [3.8, 4) is 0 Å². The van der Waals surface area contributed by atoms with Crippen LogP contribution in [0.2, 0.25) is 0 Å². The minimum Gasteiger partial charge on any atom is -0.383 e. The molecule has 0 saturated carbocycles. The van der Waals surface area contributed by atoms with Gasteiger partial charge in [-0.25, -0.2) is 9.97 Å². The van der Waals surface area contributed by atoms with Gasteiger partial charge < -0.3 is 16.0 Å². The van der Waals surface area contributed by atoms with Gasteiger partial charge in [-0.1, -0.05) is 13.8 Å². The van der Waals surface area contributed by atoms with Crippen LogP contribution in [0, 0.1) is 0 Å². The van der Waals surface area contributed by atoms with Gasteiger partial charge in [0.05, 0.1) is 6.54 Å². The van der Waals surface area contributed by atoms with E-state index in [1.54, 1.807) is 4.90 Å². The molecule has 1 heterocycles. The molecule has 0 fully saturated rings. The van der Waals surface area contributed by atoms with E-state index in [0.717, 1.165) is 5.56 Å². The summed E-state index contributed by atoms with van der Waals surface area (Å²) >= 11 is 0. The summed E-state index contributed by atoms with van der Waals surface area (Å²) in [7, 11) is 1.83. The van der Waals surface area contributed by atoms with Crippen LogP contribution >= 0.6 is 0 Å². The second-order valence-electron chi connectivity index (χ2n) is 5.23.